The Morgan fingerprint density at radius 2 is 1.97 bits per heavy atom. The molecule has 0 atom stereocenters. The summed E-state index contributed by atoms with van der Waals surface area (Å²) in [6.45, 7) is 5.86. The molecule has 0 saturated carbocycles. The van der Waals surface area contributed by atoms with Gasteiger partial charge in [-0.2, -0.15) is 5.10 Å². The molecule has 8 nitrogen and oxygen atoms in total. The topological polar surface area (TPSA) is 99.9 Å². The standard InChI is InChI=1S/C21H25N5O3/c1-15-5-6-16(2)19(11-15)22-14-21(27)24-23-13-17-12-18(26(28)29)7-8-20(17)25-9-3-4-10-25/h5-8,11-13,22H,3-4,9-10,14H2,1-2H3,(H,24,27)/b23-13+. The molecule has 2 aromatic rings. The zero-order valence-electron chi connectivity index (χ0n) is 16.6. The number of carbonyl (C=O) groups excluding carboxylic acids is 1. The van der Waals surface area contributed by atoms with Gasteiger partial charge >= 0.3 is 0 Å². The molecule has 0 radical (unpaired) electrons. The molecule has 8 heteroatoms. The molecule has 152 valence electrons. The summed E-state index contributed by atoms with van der Waals surface area (Å²) in [5.74, 6) is -0.296. The highest BCUT2D eigenvalue weighted by Gasteiger charge is 2.18. The number of benzene rings is 2. The van der Waals surface area contributed by atoms with Crippen LogP contribution in [0.3, 0.4) is 0 Å². The molecule has 1 amide bonds. The number of rotatable bonds is 7. The van der Waals surface area contributed by atoms with Crippen molar-refractivity contribution in [1.29, 1.82) is 0 Å². The lowest BCUT2D eigenvalue weighted by atomic mass is 10.1. The first-order valence-electron chi connectivity index (χ1n) is 9.60. The van der Waals surface area contributed by atoms with E-state index in [-0.39, 0.29) is 18.1 Å². The van der Waals surface area contributed by atoms with Crippen LogP contribution in [-0.2, 0) is 4.79 Å². The van der Waals surface area contributed by atoms with E-state index in [4.69, 9.17) is 0 Å². The van der Waals surface area contributed by atoms with Crippen LogP contribution in [0.1, 0.15) is 29.5 Å². The Balaban J connectivity index is 1.65. The Morgan fingerprint density at radius 3 is 2.69 bits per heavy atom. The molecule has 1 aliphatic heterocycles. The Kier molecular flexibility index (Phi) is 6.43. The largest absolute Gasteiger partial charge is 0.376 e. The quantitative estimate of drug-likeness (QED) is 0.425. The van der Waals surface area contributed by atoms with E-state index >= 15 is 0 Å². The van der Waals surface area contributed by atoms with Gasteiger partial charge in [-0.3, -0.25) is 14.9 Å². The van der Waals surface area contributed by atoms with E-state index in [2.05, 4.69) is 20.7 Å². The van der Waals surface area contributed by atoms with Crippen molar-refractivity contribution in [3.05, 3.63) is 63.2 Å². The minimum absolute atomic E-state index is 0.00249. The summed E-state index contributed by atoms with van der Waals surface area (Å²) < 4.78 is 0. The van der Waals surface area contributed by atoms with E-state index in [1.807, 2.05) is 32.0 Å². The van der Waals surface area contributed by atoms with E-state index < -0.39 is 4.92 Å². The van der Waals surface area contributed by atoms with Crippen molar-refractivity contribution in [2.24, 2.45) is 5.10 Å². The molecule has 0 spiro atoms. The van der Waals surface area contributed by atoms with Gasteiger partial charge in [-0.1, -0.05) is 12.1 Å². The summed E-state index contributed by atoms with van der Waals surface area (Å²) in [5, 5.41) is 18.2. The molecule has 0 aliphatic carbocycles. The van der Waals surface area contributed by atoms with Gasteiger partial charge in [-0.25, -0.2) is 5.43 Å². The van der Waals surface area contributed by atoms with Crippen molar-refractivity contribution in [3.8, 4) is 0 Å². The number of hydrogen-bond donors (Lipinski definition) is 2. The molecule has 0 unspecified atom stereocenters. The van der Waals surface area contributed by atoms with Gasteiger partial charge in [-0.05, 0) is 49.9 Å². The van der Waals surface area contributed by atoms with Crippen molar-refractivity contribution in [2.45, 2.75) is 26.7 Å². The van der Waals surface area contributed by atoms with E-state index in [1.54, 1.807) is 6.07 Å². The Morgan fingerprint density at radius 1 is 1.21 bits per heavy atom. The molecule has 1 saturated heterocycles. The highest BCUT2D eigenvalue weighted by Crippen LogP contribution is 2.27. The first kappa shape index (κ1) is 20.3. The smallest absolute Gasteiger partial charge is 0.270 e. The van der Waals surface area contributed by atoms with Crippen LogP contribution in [0.25, 0.3) is 0 Å². The molecular formula is C21H25N5O3. The van der Waals surface area contributed by atoms with Gasteiger partial charge in [0, 0.05) is 42.2 Å². The molecule has 1 heterocycles. The normalized spacial score (nSPS) is 13.7. The lowest BCUT2D eigenvalue weighted by molar-refractivity contribution is -0.384. The highest BCUT2D eigenvalue weighted by molar-refractivity contribution is 5.90. The Hall–Kier alpha value is -3.42. The molecule has 1 aliphatic rings. The molecule has 1 fully saturated rings. The van der Waals surface area contributed by atoms with Gasteiger partial charge in [0.1, 0.15) is 0 Å². The maximum absolute atomic E-state index is 12.1. The predicted octanol–water partition coefficient (Wildman–Crippen LogP) is 3.37. The number of nitro groups is 1. The number of non-ortho nitro benzene ring substituents is 1. The summed E-state index contributed by atoms with van der Waals surface area (Å²) in [5.41, 5.74) is 7.05. The summed E-state index contributed by atoms with van der Waals surface area (Å²) in [6, 6.07) is 10.7. The van der Waals surface area contributed by atoms with Gasteiger partial charge in [-0.15, -0.1) is 0 Å². The van der Waals surface area contributed by atoms with Gasteiger partial charge in [0.05, 0.1) is 17.7 Å². The third-order valence-corrected chi connectivity index (χ3v) is 4.89. The number of nitrogens with one attached hydrogen (secondary N) is 2. The predicted molar refractivity (Wildman–Crippen MR) is 115 cm³/mol. The number of amides is 1. The number of nitrogens with zero attached hydrogens (tertiary/aromatic N) is 3. The maximum atomic E-state index is 12.1. The van der Waals surface area contributed by atoms with Crippen LogP contribution in [-0.4, -0.2) is 36.7 Å². The second kappa shape index (κ2) is 9.18. The molecule has 2 aromatic carbocycles. The SMILES string of the molecule is Cc1ccc(C)c(NCC(=O)N/N=C/c2cc([N+](=O)[O-])ccc2N2CCCC2)c1. The van der Waals surface area contributed by atoms with E-state index in [9.17, 15) is 14.9 Å². The number of nitro benzene ring substituents is 1. The van der Waals surface area contributed by atoms with Crippen LogP contribution < -0.4 is 15.6 Å². The lowest BCUT2D eigenvalue weighted by Crippen LogP contribution is -2.26. The van der Waals surface area contributed by atoms with Crippen LogP contribution in [0.4, 0.5) is 17.1 Å². The average Bonchev–Trinajstić information content (AvgIpc) is 3.23. The summed E-state index contributed by atoms with van der Waals surface area (Å²) >= 11 is 0. The second-order valence-corrected chi connectivity index (χ2v) is 7.16. The van der Waals surface area contributed by atoms with Gasteiger partial charge in [0.15, 0.2) is 0 Å². The third kappa shape index (κ3) is 5.31. The van der Waals surface area contributed by atoms with Crippen molar-refractivity contribution < 1.29 is 9.72 Å². The number of aryl methyl sites for hydroxylation is 2. The summed E-state index contributed by atoms with van der Waals surface area (Å²) in [7, 11) is 0. The monoisotopic (exact) mass is 395 g/mol. The third-order valence-electron chi connectivity index (χ3n) is 4.89. The van der Waals surface area contributed by atoms with Crippen molar-refractivity contribution in [3.63, 3.8) is 0 Å². The zero-order chi connectivity index (χ0) is 20.8. The Bertz CT molecular complexity index is 936. The molecule has 2 N–H and O–H groups in total. The van der Waals surface area contributed by atoms with Crippen LogP contribution in [0.5, 0.6) is 0 Å². The van der Waals surface area contributed by atoms with Crippen LogP contribution in [0.2, 0.25) is 0 Å². The van der Waals surface area contributed by atoms with Crippen molar-refractivity contribution in [2.75, 3.05) is 29.9 Å². The summed E-state index contributed by atoms with van der Waals surface area (Å²) in [6.07, 6.45) is 3.65. The minimum atomic E-state index is -0.433. The average molecular weight is 395 g/mol. The first-order valence-corrected chi connectivity index (χ1v) is 9.60. The molecule has 0 aromatic heterocycles. The minimum Gasteiger partial charge on any atom is -0.376 e. The summed E-state index contributed by atoms with van der Waals surface area (Å²) in [4.78, 5) is 25.0. The van der Waals surface area contributed by atoms with E-state index in [0.717, 1.165) is 48.4 Å². The molecule has 0 bridgehead atoms. The van der Waals surface area contributed by atoms with E-state index in [1.165, 1.54) is 18.3 Å². The molecule has 3 rings (SSSR count). The molecular weight excluding hydrogens is 370 g/mol. The lowest BCUT2D eigenvalue weighted by Gasteiger charge is -2.19. The fourth-order valence-corrected chi connectivity index (χ4v) is 3.32. The number of hydrazone groups is 1. The van der Waals surface area contributed by atoms with E-state index in [0.29, 0.717) is 5.56 Å². The fourth-order valence-electron chi connectivity index (χ4n) is 3.32. The zero-order valence-corrected chi connectivity index (χ0v) is 16.6. The molecule has 29 heavy (non-hydrogen) atoms. The highest BCUT2D eigenvalue weighted by atomic mass is 16.6. The van der Waals surface area contributed by atoms with Crippen LogP contribution in [0.15, 0.2) is 41.5 Å². The number of hydrogen-bond acceptors (Lipinski definition) is 6. The van der Waals surface area contributed by atoms with Gasteiger partial charge < -0.3 is 10.2 Å². The first-order chi connectivity index (χ1) is 13.9. The van der Waals surface area contributed by atoms with Crippen LogP contribution >= 0.6 is 0 Å². The fraction of sp³-hybridized carbons (Fsp3) is 0.333. The second-order valence-electron chi connectivity index (χ2n) is 7.16. The Labute approximate surface area is 169 Å². The van der Waals surface area contributed by atoms with Gasteiger partial charge in [0.2, 0.25) is 0 Å². The number of anilines is 2. The van der Waals surface area contributed by atoms with Crippen LogP contribution in [0, 0.1) is 24.0 Å². The van der Waals surface area contributed by atoms with Gasteiger partial charge in [0.25, 0.3) is 11.6 Å². The van der Waals surface area contributed by atoms with Crippen molar-refractivity contribution in [1.82, 2.24) is 5.43 Å². The van der Waals surface area contributed by atoms with Crippen molar-refractivity contribution >= 4 is 29.2 Å². The number of carbonyl (C=O) groups is 1. The maximum Gasteiger partial charge on any atom is 0.270 e.